The van der Waals surface area contributed by atoms with E-state index in [1.54, 1.807) is 0 Å². The molecule has 1 aromatic carbocycles. The van der Waals surface area contributed by atoms with Gasteiger partial charge < -0.3 is 4.74 Å². The van der Waals surface area contributed by atoms with Crippen LogP contribution in [0.4, 0.5) is 0 Å². The highest BCUT2D eigenvalue weighted by molar-refractivity contribution is 9.10. The van der Waals surface area contributed by atoms with Crippen LogP contribution in [0.1, 0.15) is 18.7 Å². The molecule has 0 bridgehead atoms. The van der Waals surface area contributed by atoms with Crippen LogP contribution in [-0.2, 0) is 4.74 Å². The fraction of sp³-hybridized carbons (Fsp3) is 0.400. The summed E-state index contributed by atoms with van der Waals surface area (Å²) in [5.74, 6) is 0. The van der Waals surface area contributed by atoms with Gasteiger partial charge >= 0.3 is 0 Å². The molecule has 1 aliphatic heterocycles. The summed E-state index contributed by atoms with van der Waals surface area (Å²) in [5.41, 5.74) is 1.18. The van der Waals surface area contributed by atoms with Gasteiger partial charge in [-0.3, -0.25) is 5.32 Å². The lowest BCUT2D eigenvalue weighted by molar-refractivity contribution is 0.101. The summed E-state index contributed by atoms with van der Waals surface area (Å²) >= 11 is 3.44. The van der Waals surface area contributed by atoms with Gasteiger partial charge in [-0.05, 0) is 24.6 Å². The van der Waals surface area contributed by atoms with Gasteiger partial charge in [0.05, 0.1) is 6.61 Å². The first-order chi connectivity index (χ1) is 6.25. The molecule has 1 N–H and O–H groups in total. The molecule has 1 aliphatic rings. The van der Waals surface area contributed by atoms with Crippen LogP contribution in [0.5, 0.6) is 0 Å². The van der Waals surface area contributed by atoms with E-state index in [4.69, 9.17) is 4.74 Å². The number of halogens is 1. The predicted molar refractivity (Wildman–Crippen MR) is 55.4 cm³/mol. The summed E-state index contributed by atoms with van der Waals surface area (Å²) in [6, 6.07) is 8.63. The van der Waals surface area contributed by atoms with Crippen molar-refractivity contribution in [1.82, 2.24) is 5.32 Å². The smallest absolute Gasteiger partial charge is 0.134 e. The predicted octanol–water partition coefficient (Wildman–Crippen LogP) is 2.46. The van der Waals surface area contributed by atoms with Gasteiger partial charge in [-0.15, -0.1) is 0 Å². The van der Waals surface area contributed by atoms with E-state index in [0.717, 1.165) is 11.1 Å². The lowest BCUT2D eigenvalue weighted by Crippen LogP contribution is -2.22. The topological polar surface area (TPSA) is 21.3 Å². The maximum atomic E-state index is 5.57. The van der Waals surface area contributed by atoms with Crippen LogP contribution in [0.25, 0.3) is 0 Å². The van der Waals surface area contributed by atoms with E-state index in [1.165, 1.54) is 5.56 Å². The Hall–Kier alpha value is -0.380. The lowest BCUT2D eigenvalue weighted by atomic mass is 10.2. The molecule has 0 aliphatic carbocycles. The van der Waals surface area contributed by atoms with Crippen LogP contribution >= 0.6 is 15.9 Å². The van der Waals surface area contributed by atoms with E-state index in [0.29, 0.717) is 6.04 Å². The van der Waals surface area contributed by atoms with Crippen molar-refractivity contribution in [1.29, 1.82) is 0 Å². The fourth-order valence-electron chi connectivity index (χ4n) is 1.46. The number of hydrogen-bond donors (Lipinski definition) is 1. The molecule has 0 saturated carbocycles. The van der Waals surface area contributed by atoms with E-state index < -0.39 is 0 Å². The zero-order valence-corrected chi connectivity index (χ0v) is 9.04. The molecule has 2 nitrogen and oxygen atoms in total. The van der Waals surface area contributed by atoms with E-state index in [1.807, 2.05) is 12.1 Å². The minimum Gasteiger partial charge on any atom is -0.357 e. The van der Waals surface area contributed by atoms with Crippen molar-refractivity contribution in [3.8, 4) is 0 Å². The third-order valence-electron chi connectivity index (χ3n) is 2.10. The Balaban J connectivity index is 2.16. The third-order valence-corrected chi connectivity index (χ3v) is 2.59. The van der Waals surface area contributed by atoms with Crippen LogP contribution < -0.4 is 5.32 Å². The van der Waals surface area contributed by atoms with Crippen molar-refractivity contribution in [2.45, 2.75) is 19.2 Å². The Morgan fingerprint density at radius 3 is 3.00 bits per heavy atom. The molecule has 1 aromatic rings. The molecule has 0 spiro atoms. The second kappa shape index (κ2) is 3.78. The van der Waals surface area contributed by atoms with Crippen LogP contribution in [0.3, 0.4) is 0 Å². The summed E-state index contributed by atoms with van der Waals surface area (Å²) in [7, 11) is 0. The first-order valence-electron chi connectivity index (χ1n) is 4.39. The molecule has 0 amide bonds. The molecule has 70 valence electrons. The molecular formula is C10H12BrNO. The maximum Gasteiger partial charge on any atom is 0.134 e. The van der Waals surface area contributed by atoms with Gasteiger partial charge in [-0.25, -0.2) is 0 Å². The average molecular weight is 242 g/mol. The standard InChI is InChI=1S/C10H12BrNO/c1-7-6-13-10(12-7)8-3-2-4-9(11)5-8/h2-5,7,10,12H,6H2,1H3/t7-,10?/m0/s1. The quantitative estimate of drug-likeness (QED) is 0.816. The van der Waals surface area contributed by atoms with Gasteiger partial charge in [-0.2, -0.15) is 0 Å². The Kier molecular flexibility index (Phi) is 2.67. The molecule has 13 heavy (non-hydrogen) atoms. The molecule has 3 heteroatoms. The van der Waals surface area contributed by atoms with Gasteiger partial charge in [0.15, 0.2) is 0 Å². The molecule has 1 unspecified atom stereocenters. The second-order valence-electron chi connectivity index (χ2n) is 3.34. The molecule has 0 aromatic heterocycles. The van der Waals surface area contributed by atoms with Crippen molar-refractivity contribution in [2.75, 3.05) is 6.61 Å². The minimum atomic E-state index is 0.0625. The maximum absolute atomic E-state index is 5.57. The lowest BCUT2D eigenvalue weighted by Gasteiger charge is -2.10. The van der Waals surface area contributed by atoms with Gasteiger partial charge in [0.1, 0.15) is 6.23 Å². The monoisotopic (exact) mass is 241 g/mol. The van der Waals surface area contributed by atoms with Crippen LogP contribution in [-0.4, -0.2) is 12.6 Å². The normalized spacial score (nSPS) is 27.8. The van der Waals surface area contributed by atoms with Crippen LogP contribution in [0.2, 0.25) is 0 Å². The molecule has 1 heterocycles. The second-order valence-corrected chi connectivity index (χ2v) is 4.25. The highest BCUT2D eigenvalue weighted by atomic mass is 79.9. The van der Waals surface area contributed by atoms with Crippen molar-refractivity contribution < 1.29 is 4.74 Å². The van der Waals surface area contributed by atoms with Gasteiger partial charge in [0, 0.05) is 10.5 Å². The minimum absolute atomic E-state index is 0.0625. The Labute approximate surface area is 86.4 Å². The molecule has 0 radical (unpaired) electrons. The molecule has 1 saturated heterocycles. The first kappa shape index (κ1) is 9.19. The first-order valence-corrected chi connectivity index (χ1v) is 5.18. The number of nitrogens with one attached hydrogen (secondary N) is 1. The van der Waals surface area contributed by atoms with E-state index in [-0.39, 0.29) is 6.23 Å². The molecule has 2 atom stereocenters. The van der Waals surface area contributed by atoms with Crippen molar-refractivity contribution in [3.63, 3.8) is 0 Å². The van der Waals surface area contributed by atoms with Gasteiger partial charge in [0.2, 0.25) is 0 Å². The average Bonchev–Trinajstić information content (AvgIpc) is 2.52. The Morgan fingerprint density at radius 2 is 2.38 bits per heavy atom. The molecule has 1 fully saturated rings. The van der Waals surface area contributed by atoms with Crippen LogP contribution in [0.15, 0.2) is 28.7 Å². The van der Waals surface area contributed by atoms with Gasteiger partial charge in [0.25, 0.3) is 0 Å². The van der Waals surface area contributed by atoms with Crippen molar-refractivity contribution >= 4 is 15.9 Å². The summed E-state index contributed by atoms with van der Waals surface area (Å²) in [6.07, 6.45) is 0.0625. The zero-order valence-electron chi connectivity index (χ0n) is 7.46. The third kappa shape index (κ3) is 2.10. The Bertz CT molecular complexity index is 303. The summed E-state index contributed by atoms with van der Waals surface area (Å²) in [4.78, 5) is 0. The van der Waals surface area contributed by atoms with E-state index in [2.05, 4.69) is 40.3 Å². The molecule has 2 rings (SSSR count). The van der Waals surface area contributed by atoms with Crippen LogP contribution in [0, 0.1) is 0 Å². The number of hydrogen-bond acceptors (Lipinski definition) is 2. The summed E-state index contributed by atoms with van der Waals surface area (Å²) in [5, 5.41) is 3.35. The summed E-state index contributed by atoms with van der Waals surface area (Å²) < 4.78 is 6.67. The number of rotatable bonds is 1. The highest BCUT2D eigenvalue weighted by Crippen LogP contribution is 2.22. The number of ether oxygens (including phenoxy) is 1. The van der Waals surface area contributed by atoms with E-state index in [9.17, 15) is 0 Å². The fourth-order valence-corrected chi connectivity index (χ4v) is 1.87. The molecular weight excluding hydrogens is 230 g/mol. The Morgan fingerprint density at radius 1 is 1.54 bits per heavy atom. The van der Waals surface area contributed by atoms with Crippen molar-refractivity contribution in [3.05, 3.63) is 34.3 Å². The largest absolute Gasteiger partial charge is 0.357 e. The highest BCUT2D eigenvalue weighted by Gasteiger charge is 2.21. The summed E-state index contributed by atoms with van der Waals surface area (Å²) in [6.45, 7) is 2.91. The zero-order chi connectivity index (χ0) is 9.26. The van der Waals surface area contributed by atoms with E-state index >= 15 is 0 Å². The van der Waals surface area contributed by atoms with Gasteiger partial charge in [-0.1, -0.05) is 28.1 Å². The number of benzene rings is 1. The van der Waals surface area contributed by atoms with Crippen molar-refractivity contribution in [2.24, 2.45) is 0 Å². The SMILES string of the molecule is C[C@H]1COC(c2cccc(Br)c2)N1.